The predicted molar refractivity (Wildman–Crippen MR) is 96.3 cm³/mol. The number of rotatable bonds is 4. The third-order valence-corrected chi connectivity index (χ3v) is 4.39. The van der Waals surface area contributed by atoms with Crippen molar-refractivity contribution in [2.75, 3.05) is 23.1 Å². The summed E-state index contributed by atoms with van der Waals surface area (Å²) in [6.07, 6.45) is 4.12. The van der Waals surface area contributed by atoms with E-state index in [-0.39, 0.29) is 0 Å². The van der Waals surface area contributed by atoms with Crippen LogP contribution >= 0.6 is 35.7 Å². The molecule has 20 heavy (non-hydrogen) atoms. The van der Waals surface area contributed by atoms with Crippen LogP contribution in [0.15, 0.2) is 58.3 Å². The third-order valence-electron chi connectivity index (χ3n) is 2.70. The van der Waals surface area contributed by atoms with E-state index in [0.29, 0.717) is 5.11 Å². The van der Waals surface area contributed by atoms with Crippen LogP contribution in [0.5, 0.6) is 0 Å². The maximum atomic E-state index is 5.31. The highest BCUT2D eigenvalue weighted by molar-refractivity contribution is 7.98. The number of thiocarbonyl (C=S) groups is 1. The van der Waals surface area contributed by atoms with E-state index >= 15 is 0 Å². The summed E-state index contributed by atoms with van der Waals surface area (Å²) < 4.78 is 0. The molecule has 2 rings (SSSR count). The first-order valence-corrected chi connectivity index (χ1v) is 8.93. The van der Waals surface area contributed by atoms with E-state index in [0.717, 1.165) is 11.4 Å². The molecule has 104 valence electrons. The van der Waals surface area contributed by atoms with E-state index < -0.39 is 0 Å². The normalized spacial score (nSPS) is 10.1. The van der Waals surface area contributed by atoms with Gasteiger partial charge in [-0.25, -0.2) is 0 Å². The van der Waals surface area contributed by atoms with Crippen molar-refractivity contribution in [1.29, 1.82) is 0 Å². The summed E-state index contributed by atoms with van der Waals surface area (Å²) in [6, 6.07) is 16.4. The second-order valence-corrected chi connectivity index (χ2v) is 6.20. The second-order valence-electron chi connectivity index (χ2n) is 4.04. The van der Waals surface area contributed by atoms with Gasteiger partial charge in [-0.15, -0.1) is 23.5 Å². The van der Waals surface area contributed by atoms with Crippen LogP contribution in [0.3, 0.4) is 0 Å². The zero-order chi connectivity index (χ0) is 14.4. The van der Waals surface area contributed by atoms with Crippen molar-refractivity contribution in [2.45, 2.75) is 9.79 Å². The van der Waals surface area contributed by atoms with E-state index in [4.69, 9.17) is 12.2 Å². The lowest BCUT2D eigenvalue weighted by molar-refractivity contribution is 1.45. The largest absolute Gasteiger partial charge is 0.332 e. The Morgan fingerprint density at radius 3 is 1.40 bits per heavy atom. The van der Waals surface area contributed by atoms with Gasteiger partial charge in [-0.3, -0.25) is 0 Å². The minimum absolute atomic E-state index is 0.596. The third kappa shape index (κ3) is 4.44. The number of thioether (sulfide) groups is 2. The molecule has 2 N–H and O–H groups in total. The van der Waals surface area contributed by atoms with Crippen molar-refractivity contribution >= 4 is 52.2 Å². The molecule has 5 heteroatoms. The Labute approximate surface area is 133 Å². The molecule has 0 amide bonds. The Balaban J connectivity index is 1.93. The van der Waals surface area contributed by atoms with Gasteiger partial charge in [0, 0.05) is 21.2 Å². The van der Waals surface area contributed by atoms with E-state index in [1.165, 1.54) is 9.79 Å². The highest BCUT2D eigenvalue weighted by Gasteiger charge is 1.99. The van der Waals surface area contributed by atoms with Gasteiger partial charge in [0.05, 0.1) is 0 Å². The lowest BCUT2D eigenvalue weighted by atomic mass is 10.3. The number of benzene rings is 2. The molecule has 2 nitrogen and oxygen atoms in total. The fraction of sp³-hybridized carbons (Fsp3) is 0.133. The first kappa shape index (κ1) is 15.2. The molecule has 0 saturated carbocycles. The topological polar surface area (TPSA) is 24.1 Å². The van der Waals surface area contributed by atoms with Crippen molar-refractivity contribution in [3.63, 3.8) is 0 Å². The minimum Gasteiger partial charge on any atom is -0.332 e. The molecule has 0 unspecified atom stereocenters. The van der Waals surface area contributed by atoms with E-state index in [2.05, 4.69) is 47.4 Å². The van der Waals surface area contributed by atoms with Crippen LogP contribution < -0.4 is 10.6 Å². The van der Waals surface area contributed by atoms with Crippen LogP contribution in [0, 0.1) is 0 Å². The average molecular weight is 321 g/mol. The van der Waals surface area contributed by atoms with Gasteiger partial charge < -0.3 is 10.6 Å². The van der Waals surface area contributed by atoms with Gasteiger partial charge in [-0.1, -0.05) is 0 Å². The van der Waals surface area contributed by atoms with Gasteiger partial charge in [0.1, 0.15) is 0 Å². The zero-order valence-corrected chi connectivity index (χ0v) is 13.8. The van der Waals surface area contributed by atoms with Crippen molar-refractivity contribution in [2.24, 2.45) is 0 Å². The van der Waals surface area contributed by atoms with Gasteiger partial charge in [-0.05, 0) is 73.3 Å². The van der Waals surface area contributed by atoms with Crippen molar-refractivity contribution in [3.8, 4) is 0 Å². The molecular weight excluding hydrogens is 304 g/mol. The van der Waals surface area contributed by atoms with E-state index in [9.17, 15) is 0 Å². The van der Waals surface area contributed by atoms with Crippen LogP contribution in [0.25, 0.3) is 0 Å². The van der Waals surface area contributed by atoms with Crippen LogP contribution in [-0.4, -0.2) is 17.6 Å². The number of hydrogen-bond donors (Lipinski definition) is 2. The summed E-state index contributed by atoms with van der Waals surface area (Å²) in [5.74, 6) is 0. The Hall–Kier alpha value is -1.17. The number of nitrogens with one attached hydrogen (secondary N) is 2. The van der Waals surface area contributed by atoms with Gasteiger partial charge in [-0.2, -0.15) is 0 Å². The van der Waals surface area contributed by atoms with E-state index in [1.807, 2.05) is 24.3 Å². The molecule has 0 saturated heterocycles. The lowest BCUT2D eigenvalue weighted by Gasteiger charge is -2.11. The molecule has 0 aliphatic carbocycles. The molecule has 2 aromatic carbocycles. The van der Waals surface area contributed by atoms with Gasteiger partial charge in [0.25, 0.3) is 0 Å². The minimum atomic E-state index is 0.596. The number of hydrogen-bond acceptors (Lipinski definition) is 3. The number of anilines is 2. The Morgan fingerprint density at radius 2 is 1.10 bits per heavy atom. The summed E-state index contributed by atoms with van der Waals surface area (Å²) in [6.45, 7) is 0. The Bertz CT molecular complexity index is 513. The van der Waals surface area contributed by atoms with Gasteiger partial charge in [0.15, 0.2) is 5.11 Å². The highest BCUT2D eigenvalue weighted by atomic mass is 32.2. The molecular formula is C15H16N2S3. The molecule has 0 aliphatic heterocycles. The quantitative estimate of drug-likeness (QED) is 0.614. The molecule has 2 aromatic rings. The summed E-state index contributed by atoms with van der Waals surface area (Å²) >= 11 is 8.76. The van der Waals surface area contributed by atoms with Crippen LogP contribution in [0.1, 0.15) is 0 Å². The summed E-state index contributed by atoms with van der Waals surface area (Å²) in [7, 11) is 0. The predicted octanol–water partition coefficient (Wildman–Crippen LogP) is 4.94. The van der Waals surface area contributed by atoms with Gasteiger partial charge in [0.2, 0.25) is 0 Å². The monoisotopic (exact) mass is 320 g/mol. The van der Waals surface area contributed by atoms with Crippen molar-refractivity contribution in [3.05, 3.63) is 48.5 Å². The fourth-order valence-electron chi connectivity index (χ4n) is 1.64. The molecule has 0 aliphatic rings. The second kappa shape index (κ2) is 7.57. The molecule has 0 atom stereocenters. The maximum Gasteiger partial charge on any atom is 0.175 e. The standard InChI is InChI=1S/C15H16N2S3/c1-19-13-7-3-11(4-8-13)16-15(18)17-12-5-9-14(20-2)10-6-12/h3-10H,1-2H3,(H2,16,17,18). The fourth-order valence-corrected chi connectivity index (χ4v) is 2.69. The summed E-state index contributed by atoms with van der Waals surface area (Å²) in [5.41, 5.74) is 1.97. The van der Waals surface area contributed by atoms with Crippen LogP contribution in [0.2, 0.25) is 0 Å². The first-order valence-electron chi connectivity index (χ1n) is 6.07. The molecule has 0 spiro atoms. The van der Waals surface area contributed by atoms with E-state index in [1.54, 1.807) is 23.5 Å². The Morgan fingerprint density at radius 1 is 0.750 bits per heavy atom. The molecule has 0 heterocycles. The van der Waals surface area contributed by atoms with Crippen LogP contribution in [-0.2, 0) is 0 Å². The lowest BCUT2D eigenvalue weighted by Crippen LogP contribution is -2.18. The molecule has 0 fully saturated rings. The SMILES string of the molecule is CSc1ccc(NC(=S)Nc2ccc(SC)cc2)cc1. The summed E-state index contributed by atoms with van der Waals surface area (Å²) in [4.78, 5) is 2.48. The summed E-state index contributed by atoms with van der Waals surface area (Å²) in [5, 5.41) is 6.95. The molecule has 0 aromatic heterocycles. The Kier molecular flexibility index (Phi) is 5.76. The maximum absolute atomic E-state index is 5.31. The van der Waals surface area contributed by atoms with Crippen molar-refractivity contribution in [1.82, 2.24) is 0 Å². The highest BCUT2D eigenvalue weighted by Crippen LogP contribution is 2.19. The van der Waals surface area contributed by atoms with Gasteiger partial charge >= 0.3 is 0 Å². The average Bonchev–Trinajstić information content (AvgIpc) is 2.49. The zero-order valence-electron chi connectivity index (χ0n) is 11.3. The van der Waals surface area contributed by atoms with Crippen LogP contribution in [0.4, 0.5) is 11.4 Å². The molecule has 0 radical (unpaired) electrons. The first-order chi connectivity index (χ1) is 9.71. The van der Waals surface area contributed by atoms with Crippen molar-refractivity contribution < 1.29 is 0 Å². The molecule has 0 bridgehead atoms. The smallest absolute Gasteiger partial charge is 0.175 e.